The number of piperidine rings is 1. The zero-order chi connectivity index (χ0) is 23.1. The van der Waals surface area contributed by atoms with E-state index >= 15 is 0 Å². The van der Waals surface area contributed by atoms with E-state index in [0.29, 0.717) is 12.8 Å². The Hall–Kier alpha value is -3.66. The standard InChI is InChI=1S/C30H27NO3/c32-29(28-18-21-10-4-5-11-25(21)26-12-6-7-13-27(26)28)22-16-23-14-15-24(17-22)31(23)30(33)34-19-20-8-2-1-3-9-20/h1-13,18,22-24H,14-17,19H2. The number of rotatable bonds is 4. The van der Waals surface area contributed by atoms with E-state index in [9.17, 15) is 9.59 Å². The summed E-state index contributed by atoms with van der Waals surface area (Å²) in [5, 5.41) is 4.40. The van der Waals surface area contributed by atoms with E-state index in [2.05, 4.69) is 30.3 Å². The highest BCUT2D eigenvalue weighted by molar-refractivity contribution is 6.18. The van der Waals surface area contributed by atoms with Crippen LogP contribution in [0.3, 0.4) is 0 Å². The number of Topliss-reactive ketones (excluding diaryl/α,β-unsaturated/α-hetero) is 1. The van der Waals surface area contributed by atoms with Gasteiger partial charge in [0.25, 0.3) is 0 Å². The minimum Gasteiger partial charge on any atom is -0.445 e. The summed E-state index contributed by atoms with van der Waals surface area (Å²) in [6, 6.07) is 28.4. The molecule has 34 heavy (non-hydrogen) atoms. The van der Waals surface area contributed by atoms with Crippen LogP contribution in [0.5, 0.6) is 0 Å². The fraction of sp³-hybridized carbons (Fsp3) is 0.267. The second kappa shape index (κ2) is 8.60. The van der Waals surface area contributed by atoms with Gasteiger partial charge in [0.2, 0.25) is 0 Å². The summed E-state index contributed by atoms with van der Waals surface area (Å²) in [7, 11) is 0. The van der Waals surface area contributed by atoms with Gasteiger partial charge in [-0.3, -0.25) is 4.79 Å². The molecule has 4 heteroatoms. The number of fused-ring (bicyclic) bond motifs is 5. The highest BCUT2D eigenvalue weighted by Crippen LogP contribution is 2.41. The van der Waals surface area contributed by atoms with Gasteiger partial charge in [0.05, 0.1) is 0 Å². The Balaban J connectivity index is 1.23. The first-order valence-corrected chi connectivity index (χ1v) is 12.1. The van der Waals surface area contributed by atoms with Crippen molar-refractivity contribution < 1.29 is 14.3 Å². The van der Waals surface area contributed by atoms with Gasteiger partial charge in [-0.2, -0.15) is 0 Å². The summed E-state index contributed by atoms with van der Waals surface area (Å²) in [6.45, 7) is 0.279. The van der Waals surface area contributed by atoms with Crippen molar-refractivity contribution in [2.45, 2.75) is 44.4 Å². The second-order valence-corrected chi connectivity index (χ2v) is 9.56. The fourth-order valence-corrected chi connectivity index (χ4v) is 5.96. The lowest BCUT2D eigenvalue weighted by Crippen LogP contribution is -2.48. The van der Waals surface area contributed by atoms with Crippen molar-refractivity contribution in [2.75, 3.05) is 0 Å². The largest absolute Gasteiger partial charge is 0.445 e. The summed E-state index contributed by atoms with van der Waals surface area (Å²) >= 11 is 0. The van der Waals surface area contributed by atoms with Crippen LogP contribution in [-0.4, -0.2) is 28.9 Å². The molecule has 2 aliphatic heterocycles. The quantitative estimate of drug-likeness (QED) is 0.256. The maximum atomic E-state index is 13.8. The maximum Gasteiger partial charge on any atom is 0.410 e. The van der Waals surface area contributed by atoms with Gasteiger partial charge in [-0.05, 0) is 58.9 Å². The van der Waals surface area contributed by atoms with Crippen LogP contribution >= 0.6 is 0 Å². The smallest absolute Gasteiger partial charge is 0.410 e. The van der Waals surface area contributed by atoms with E-state index < -0.39 is 0 Å². The number of benzene rings is 4. The summed E-state index contributed by atoms with van der Waals surface area (Å²) in [5.74, 6) is 0.136. The molecule has 2 fully saturated rings. The molecule has 0 saturated carbocycles. The van der Waals surface area contributed by atoms with Gasteiger partial charge in [0.1, 0.15) is 6.61 Å². The number of hydrogen-bond donors (Lipinski definition) is 0. The number of hydrogen-bond acceptors (Lipinski definition) is 3. The Morgan fingerprint density at radius 1 is 0.765 bits per heavy atom. The van der Waals surface area contributed by atoms with E-state index in [1.54, 1.807) is 0 Å². The van der Waals surface area contributed by atoms with Crippen molar-refractivity contribution in [2.24, 2.45) is 5.92 Å². The van der Waals surface area contributed by atoms with Crippen LogP contribution in [-0.2, 0) is 11.3 Å². The van der Waals surface area contributed by atoms with E-state index in [1.807, 2.05) is 59.5 Å². The van der Waals surface area contributed by atoms with E-state index in [-0.39, 0.29) is 36.5 Å². The zero-order valence-electron chi connectivity index (χ0n) is 19.0. The predicted octanol–water partition coefficient (Wildman–Crippen LogP) is 6.76. The molecule has 4 aromatic carbocycles. The topological polar surface area (TPSA) is 46.6 Å². The summed E-state index contributed by atoms with van der Waals surface area (Å²) in [5.41, 5.74) is 1.79. The van der Waals surface area contributed by atoms with Crippen LogP contribution in [0.2, 0.25) is 0 Å². The van der Waals surface area contributed by atoms with Crippen molar-refractivity contribution >= 4 is 33.4 Å². The van der Waals surface area contributed by atoms with Crippen molar-refractivity contribution in [1.82, 2.24) is 4.90 Å². The molecule has 4 nitrogen and oxygen atoms in total. The molecule has 2 saturated heterocycles. The molecule has 0 aromatic heterocycles. The molecule has 0 spiro atoms. The molecule has 0 radical (unpaired) electrons. The number of amides is 1. The Kier molecular flexibility index (Phi) is 5.29. The average Bonchev–Trinajstić information content (AvgIpc) is 3.16. The van der Waals surface area contributed by atoms with Gasteiger partial charge < -0.3 is 9.64 Å². The van der Waals surface area contributed by atoms with E-state index in [0.717, 1.165) is 40.1 Å². The van der Waals surface area contributed by atoms with E-state index in [1.165, 1.54) is 5.39 Å². The minimum atomic E-state index is -0.251. The monoisotopic (exact) mass is 449 g/mol. The molecule has 1 amide bonds. The molecule has 2 bridgehead atoms. The Morgan fingerprint density at radius 2 is 1.38 bits per heavy atom. The number of ether oxygens (including phenoxy) is 1. The third-order valence-electron chi connectivity index (χ3n) is 7.55. The molecule has 6 rings (SSSR count). The Morgan fingerprint density at radius 3 is 2.12 bits per heavy atom. The normalized spacial score (nSPS) is 21.6. The summed E-state index contributed by atoms with van der Waals surface area (Å²) in [4.78, 5) is 28.7. The van der Waals surface area contributed by atoms with Crippen LogP contribution in [0.15, 0.2) is 84.9 Å². The Bertz CT molecular complexity index is 1370. The van der Waals surface area contributed by atoms with Gasteiger partial charge in [0, 0.05) is 23.6 Å². The van der Waals surface area contributed by atoms with Crippen LogP contribution in [0.1, 0.15) is 41.6 Å². The number of carbonyl (C=O) groups is 2. The van der Waals surface area contributed by atoms with Gasteiger partial charge in [-0.25, -0.2) is 4.79 Å². The number of ketones is 1. The zero-order valence-corrected chi connectivity index (χ0v) is 19.0. The summed E-state index contributed by atoms with van der Waals surface area (Å²) < 4.78 is 5.64. The van der Waals surface area contributed by atoms with Crippen molar-refractivity contribution in [3.63, 3.8) is 0 Å². The molecular formula is C30H27NO3. The van der Waals surface area contributed by atoms with Crippen LogP contribution in [0.4, 0.5) is 4.79 Å². The highest BCUT2D eigenvalue weighted by atomic mass is 16.6. The molecular weight excluding hydrogens is 422 g/mol. The third kappa shape index (κ3) is 3.63. The van der Waals surface area contributed by atoms with Crippen molar-refractivity contribution in [3.05, 3.63) is 96.1 Å². The predicted molar refractivity (Wildman–Crippen MR) is 134 cm³/mol. The van der Waals surface area contributed by atoms with Gasteiger partial charge >= 0.3 is 6.09 Å². The summed E-state index contributed by atoms with van der Waals surface area (Å²) in [6.07, 6.45) is 3.03. The molecule has 2 aliphatic rings. The van der Waals surface area contributed by atoms with Crippen molar-refractivity contribution in [3.8, 4) is 0 Å². The molecule has 2 unspecified atom stereocenters. The van der Waals surface area contributed by atoms with Crippen LogP contribution in [0.25, 0.3) is 21.5 Å². The first-order valence-electron chi connectivity index (χ1n) is 12.1. The van der Waals surface area contributed by atoms with Crippen LogP contribution < -0.4 is 0 Å². The average molecular weight is 450 g/mol. The first kappa shape index (κ1) is 20.9. The van der Waals surface area contributed by atoms with Crippen molar-refractivity contribution in [1.29, 1.82) is 0 Å². The minimum absolute atomic E-state index is 0.0692. The molecule has 0 N–H and O–H groups in total. The lowest BCUT2D eigenvalue weighted by atomic mass is 9.83. The SMILES string of the molecule is O=C(c1cc2ccccc2c2ccccc12)C1CC2CCC(C1)N2C(=O)OCc1ccccc1. The van der Waals surface area contributed by atoms with Gasteiger partial charge in [-0.1, -0.05) is 78.9 Å². The lowest BCUT2D eigenvalue weighted by molar-refractivity contribution is 0.0485. The first-order chi connectivity index (χ1) is 16.7. The molecule has 4 aromatic rings. The van der Waals surface area contributed by atoms with E-state index in [4.69, 9.17) is 4.74 Å². The fourth-order valence-electron chi connectivity index (χ4n) is 5.96. The number of carbonyl (C=O) groups excluding carboxylic acids is 2. The molecule has 2 atom stereocenters. The third-order valence-corrected chi connectivity index (χ3v) is 7.55. The lowest BCUT2D eigenvalue weighted by Gasteiger charge is -2.37. The van der Waals surface area contributed by atoms with Crippen LogP contribution in [0, 0.1) is 5.92 Å². The molecule has 0 aliphatic carbocycles. The second-order valence-electron chi connectivity index (χ2n) is 9.56. The molecule has 170 valence electrons. The number of nitrogens with zero attached hydrogens (tertiary/aromatic N) is 1. The molecule has 2 heterocycles. The van der Waals surface area contributed by atoms with Gasteiger partial charge in [0.15, 0.2) is 5.78 Å². The van der Waals surface area contributed by atoms with Gasteiger partial charge in [-0.15, -0.1) is 0 Å². The Labute approximate surface area is 199 Å². The highest BCUT2D eigenvalue weighted by Gasteiger charge is 2.46. The maximum absolute atomic E-state index is 13.8.